The molecular weight excluding hydrogens is 440 g/mol. The van der Waals surface area contributed by atoms with Crippen molar-refractivity contribution in [2.45, 2.75) is 51.6 Å². The minimum Gasteiger partial charge on any atom is -0.497 e. The van der Waals surface area contributed by atoms with Crippen LogP contribution in [-0.2, 0) is 14.3 Å². The first-order chi connectivity index (χ1) is 16.7. The van der Waals surface area contributed by atoms with Gasteiger partial charge in [-0.3, -0.25) is 4.79 Å². The van der Waals surface area contributed by atoms with E-state index in [0.29, 0.717) is 24.0 Å². The zero-order valence-corrected chi connectivity index (χ0v) is 21.3. The SMILES string of the molecule is COc1ccc([C@@H]2CC(=O)C3=C(C2)NC(C)=C(C(=O)OC(C)C)[C@@H]3c2ccc(N(C)C)cc2)cc1. The quantitative estimate of drug-likeness (QED) is 0.590. The molecule has 1 heterocycles. The summed E-state index contributed by atoms with van der Waals surface area (Å²) in [6, 6.07) is 16.0. The van der Waals surface area contributed by atoms with Crippen molar-refractivity contribution in [3.63, 3.8) is 0 Å². The van der Waals surface area contributed by atoms with Gasteiger partial charge in [-0.15, -0.1) is 0 Å². The Morgan fingerprint density at radius 3 is 2.20 bits per heavy atom. The molecule has 2 atom stereocenters. The van der Waals surface area contributed by atoms with Crippen molar-refractivity contribution in [1.82, 2.24) is 5.32 Å². The lowest BCUT2D eigenvalue weighted by Gasteiger charge is -2.37. The van der Waals surface area contributed by atoms with Crippen LogP contribution in [0.1, 0.15) is 56.6 Å². The number of anilines is 1. The zero-order chi connectivity index (χ0) is 25.3. The number of esters is 1. The summed E-state index contributed by atoms with van der Waals surface area (Å²) >= 11 is 0. The third kappa shape index (κ3) is 4.97. The summed E-state index contributed by atoms with van der Waals surface area (Å²) in [6.07, 6.45) is 0.838. The zero-order valence-electron chi connectivity index (χ0n) is 21.3. The minimum atomic E-state index is -0.460. The third-order valence-electron chi connectivity index (χ3n) is 6.72. The number of carbonyl (C=O) groups excluding carboxylic acids is 2. The first-order valence-electron chi connectivity index (χ1n) is 12.1. The molecule has 0 radical (unpaired) electrons. The molecule has 0 aromatic heterocycles. The Morgan fingerprint density at radius 1 is 1.00 bits per heavy atom. The van der Waals surface area contributed by atoms with Gasteiger partial charge in [-0.25, -0.2) is 4.79 Å². The number of hydrogen-bond acceptors (Lipinski definition) is 6. The van der Waals surface area contributed by atoms with Gasteiger partial charge in [-0.2, -0.15) is 0 Å². The molecule has 1 aliphatic heterocycles. The van der Waals surface area contributed by atoms with Gasteiger partial charge in [0.15, 0.2) is 5.78 Å². The van der Waals surface area contributed by atoms with Crippen molar-refractivity contribution in [2.75, 3.05) is 26.1 Å². The highest BCUT2D eigenvalue weighted by atomic mass is 16.5. The van der Waals surface area contributed by atoms with Crippen LogP contribution in [0.5, 0.6) is 5.75 Å². The average Bonchev–Trinajstić information content (AvgIpc) is 2.82. The Balaban J connectivity index is 1.76. The normalized spacial score (nSPS) is 19.9. The number of allylic oxidation sites excluding steroid dienone is 3. The molecule has 0 fully saturated rings. The van der Waals surface area contributed by atoms with E-state index in [9.17, 15) is 9.59 Å². The minimum absolute atomic E-state index is 0.0589. The number of dihydropyridines is 1. The third-order valence-corrected chi connectivity index (χ3v) is 6.72. The maximum absolute atomic E-state index is 13.7. The number of benzene rings is 2. The molecule has 0 saturated carbocycles. The van der Waals surface area contributed by atoms with Crippen LogP contribution in [0.4, 0.5) is 5.69 Å². The summed E-state index contributed by atoms with van der Waals surface area (Å²) in [5.41, 5.74) is 5.88. The summed E-state index contributed by atoms with van der Waals surface area (Å²) < 4.78 is 10.9. The number of nitrogens with one attached hydrogen (secondary N) is 1. The molecule has 35 heavy (non-hydrogen) atoms. The largest absolute Gasteiger partial charge is 0.497 e. The fourth-order valence-electron chi connectivity index (χ4n) is 5.00. The van der Waals surface area contributed by atoms with Crippen LogP contribution in [-0.4, -0.2) is 39.1 Å². The van der Waals surface area contributed by atoms with Crippen LogP contribution in [0.25, 0.3) is 0 Å². The fraction of sp³-hybridized carbons (Fsp3) is 0.379. The van der Waals surface area contributed by atoms with Gasteiger partial charge in [-0.05, 0) is 68.5 Å². The van der Waals surface area contributed by atoms with Crippen molar-refractivity contribution in [2.24, 2.45) is 0 Å². The molecule has 2 aromatic rings. The molecule has 1 N–H and O–H groups in total. The molecule has 0 saturated heterocycles. The van der Waals surface area contributed by atoms with E-state index < -0.39 is 5.92 Å². The maximum Gasteiger partial charge on any atom is 0.337 e. The second kappa shape index (κ2) is 9.98. The molecule has 1 aliphatic carbocycles. The lowest BCUT2D eigenvalue weighted by molar-refractivity contribution is -0.143. The number of ketones is 1. The summed E-state index contributed by atoms with van der Waals surface area (Å²) in [5, 5.41) is 3.41. The fourth-order valence-corrected chi connectivity index (χ4v) is 5.00. The summed E-state index contributed by atoms with van der Waals surface area (Å²) in [5.74, 6) is 0.0678. The Hall–Kier alpha value is -3.54. The van der Waals surface area contributed by atoms with Crippen molar-refractivity contribution in [1.29, 1.82) is 0 Å². The first kappa shape index (κ1) is 24.6. The Morgan fingerprint density at radius 2 is 1.63 bits per heavy atom. The van der Waals surface area contributed by atoms with Gasteiger partial charge < -0.3 is 19.7 Å². The van der Waals surface area contributed by atoms with Crippen LogP contribution >= 0.6 is 0 Å². The van der Waals surface area contributed by atoms with Gasteiger partial charge in [0.2, 0.25) is 0 Å². The summed E-state index contributed by atoms with van der Waals surface area (Å²) in [4.78, 5) is 28.9. The van der Waals surface area contributed by atoms with Gasteiger partial charge in [0.25, 0.3) is 0 Å². The van der Waals surface area contributed by atoms with Crippen LogP contribution in [0.15, 0.2) is 71.1 Å². The number of ether oxygens (including phenoxy) is 2. The highest BCUT2D eigenvalue weighted by molar-refractivity contribution is 6.04. The Labute approximate surface area is 207 Å². The van der Waals surface area contributed by atoms with Crippen molar-refractivity contribution in [3.05, 3.63) is 82.2 Å². The number of rotatable bonds is 6. The second-order valence-corrected chi connectivity index (χ2v) is 9.73. The molecule has 0 amide bonds. The number of carbonyl (C=O) groups is 2. The molecule has 6 heteroatoms. The number of methoxy groups -OCH3 is 1. The van der Waals surface area contributed by atoms with E-state index in [1.807, 2.05) is 88.3 Å². The van der Waals surface area contributed by atoms with E-state index in [1.165, 1.54) is 0 Å². The number of hydrogen-bond donors (Lipinski definition) is 1. The monoisotopic (exact) mass is 474 g/mol. The summed E-state index contributed by atoms with van der Waals surface area (Å²) in [7, 11) is 5.61. The average molecular weight is 475 g/mol. The predicted molar refractivity (Wildman–Crippen MR) is 138 cm³/mol. The van der Waals surface area contributed by atoms with Crippen LogP contribution in [0.3, 0.4) is 0 Å². The molecule has 4 rings (SSSR count). The van der Waals surface area contributed by atoms with E-state index in [1.54, 1.807) is 7.11 Å². The van der Waals surface area contributed by atoms with E-state index >= 15 is 0 Å². The number of nitrogens with zero attached hydrogens (tertiary/aromatic N) is 1. The lowest BCUT2D eigenvalue weighted by atomic mass is 9.71. The molecule has 0 bridgehead atoms. The van der Waals surface area contributed by atoms with E-state index in [0.717, 1.165) is 34.0 Å². The molecule has 0 unspecified atom stereocenters. The van der Waals surface area contributed by atoms with Gasteiger partial charge >= 0.3 is 5.97 Å². The van der Waals surface area contributed by atoms with Crippen molar-refractivity contribution >= 4 is 17.4 Å². The Kier molecular flexibility index (Phi) is 7.01. The van der Waals surface area contributed by atoms with E-state index in [4.69, 9.17) is 9.47 Å². The molecule has 6 nitrogen and oxygen atoms in total. The molecular formula is C29H34N2O4. The van der Waals surface area contributed by atoms with Gasteiger partial charge in [0.05, 0.1) is 18.8 Å². The smallest absolute Gasteiger partial charge is 0.337 e. The van der Waals surface area contributed by atoms with Gasteiger partial charge in [0, 0.05) is 49.1 Å². The van der Waals surface area contributed by atoms with Crippen molar-refractivity contribution in [3.8, 4) is 5.75 Å². The molecule has 2 aliphatic rings. The number of Topliss-reactive ketones (excluding diaryl/α,β-unsaturated/α-hetero) is 1. The summed E-state index contributed by atoms with van der Waals surface area (Å²) in [6.45, 7) is 5.56. The van der Waals surface area contributed by atoms with Crippen LogP contribution in [0.2, 0.25) is 0 Å². The molecule has 2 aromatic carbocycles. The first-order valence-corrected chi connectivity index (χ1v) is 12.1. The predicted octanol–water partition coefficient (Wildman–Crippen LogP) is 5.07. The highest BCUT2D eigenvalue weighted by Gasteiger charge is 2.41. The molecule has 184 valence electrons. The topological polar surface area (TPSA) is 67.9 Å². The van der Waals surface area contributed by atoms with Gasteiger partial charge in [0.1, 0.15) is 5.75 Å². The maximum atomic E-state index is 13.7. The highest BCUT2D eigenvalue weighted by Crippen LogP contribution is 2.46. The standard InChI is InChI=1S/C29H34N2O4/c1-17(2)35-29(33)26-18(3)30-24-15-21(19-9-13-23(34-6)14-10-19)16-25(32)28(24)27(26)20-7-11-22(12-8-20)31(4)5/h7-14,17,21,27,30H,15-16H2,1-6H3/t21-,27-/m0/s1. The van der Waals surface area contributed by atoms with Crippen LogP contribution < -0.4 is 15.0 Å². The van der Waals surface area contributed by atoms with E-state index in [-0.39, 0.29) is 23.8 Å². The van der Waals surface area contributed by atoms with Crippen molar-refractivity contribution < 1.29 is 19.1 Å². The van der Waals surface area contributed by atoms with Gasteiger partial charge in [-0.1, -0.05) is 24.3 Å². The Bertz CT molecular complexity index is 1170. The van der Waals surface area contributed by atoms with E-state index in [2.05, 4.69) is 5.32 Å². The molecule has 0 spiro atoms. The second-order valence-electron chi connectivity index (χ2n) is 9.73. The lowest BCUT2D eigenvalue weighted by Crippen LogP contribution is -2.36. The van der Waals surface area contributed by atoms with Crippen LogP contribution in [0, 0.1) is 0 Å².